The van der Waals surface area contributed by atoms with Crippen molar-refractivity contribution in [3.05, 3.63) is 34.3 Å². The van der Waals surface area contributed by atoms with Crippen LogP contribution in [0.1, 0.15) is 30.9 Å². The number of hydrogen-bond donors (Lipinski definition) is 1. The molecule has 0 amide bonds. The van der Waals surface area contributed by atoms with Gasteiger partial charge < -0.3 is 10.1 Å². The van der Waals surface area contributed by atoms with E-state index in [1.807, 2.05) is 0 Å². The van der Waals surface area contributed by atoms with Crippen LogP contribution in [0.3, 0.4) is 0 Å². The van der Waals surface area contributed by atoms with Gasteiger partial charge in [0, 0.05) is 4.47 Å². The molecule has 1 aromatic rings. The van der Waals surface area contributed by atoms with Gasteiger partial charge in [-0.05, 0) is 43.5 Å². The lowest BCUT2D eigenvalue weighted by Gasteiger charge is -2.35. The minimum atomic E-state index is -4.51. The van der Waals surface area contributed by atoms with Crippen LogP contribution in [0.25, 0.3) is 0 Å². The van der Waals surface area contributed by atoms with Crippen molar-refractivity contribution in [3.8, 4) is 0 Å². The lowest BCUT2D eigenvalue weighted by atomic mass is 9.78. The molecule has 1 aliphatic rings. The van der Waals surface area contributed by atoms with Crippen LogP contribution >= 0.6 is 15.9 Å². The zero-order valence-electron chi connectivity index (χ0n) is 14.7. The Morgan fingerprint density at radius 3 is 2.30 bits per heavy atom. The topological polar surface area (TPSA) is 72.5 Å². The molecule has 0 bridgehead atoms. The molecule has 0 unspecified atom stereocenters. The second kappa shape index (κ2) is 8.48. The number of esters is 1. The van der Waals surface area contributed by atoms with Gasteiger partial charge in [-0.1, -0.05) is 28.1 Å². The average molecular weight is 472 g/mol. The number of benzene rings is 1. The van der Waals surface area contributed by atoms with E-state index in [0.29, 0.717) is 4.47 Å². The minimum absolute atomic E-state index is 0.0542. The monoisotopic (exact) mass is 471 g/mol. The number of halogens is 4. The Kier molecular flexibility index (Phi) is 6.96. The Morgan fingerprint density at radius 1 is 1.26 bits per heavy atom. The van der Waals surface area contributed by atoms with E-state index in [1.165, 1.54) is 31.4 Å². The third kappa shape index (κ3) is 5.68. The van der Waals surface area contributed by atoms with Gasteiger partial charge in [-0.15, -0.1) is 0 Å². The summed E-state index contributed by atoms with van der Waals surface area (Å²) in [4.78, 5) is 12.2. The number of alkyl halides is 3. The highest BCUT2D eigenvalue weighted by molar-refractivity contribution is 9.10. The summed E-state index contributed by atoms with van der Waals surface area (Å²) in [5, 5.41) is 2.47. The first-order chi connectivity index (χ1) is 12.5. The molecule has 1 fully saturated rings. The second-order valence-corrected chi connectivity index (χ2v) is 9.87. The van der Waals surface area contributed by atoms with Gasteiger partial charge in [0.05, 0.1) is 24.0 Å². The maximum atomic E-state index is 13.4. The van der Waals surface area contributed by atoms with Gasteiger partial charge in [-0.2, -0.15) is 13.2 Å². The first kappa shape index (κ1) is 22.2. The summed E-state index contributed by atoms with van der Waals surface area (Å²) in [6, 6.07) is 3.92. The molecule has 0 radical (unpaired) electrons. The first-order valence-electron chi connectivity index (χ1n) is 8.33. The number of carbonyl (C=O) groups excluding carboxylic acids is 1. The third-order valence-corrected chi connectivity index (χ3v) is 7.07. The van der Waals surface area contributed by atoms with Crippen LogP contribution < -0.4 is 5.32 Å². The Hall–Kier alpha value is -1.13. The van der Waals surface area contributed by atoms with Crippen molar-refractivity contribution >= 4 is 31.7 Å². The fourth-order valence-electron chi connectivity index (χ4n) is 3.24. The van der Waals surface area contributed by atoms with E-state index in [2.05, 4.69) is 21.2 Å². The second-order valence-electron chi connectivity index (χ2n) is 6.65. The SMILES string of the molecule is COC(=O)C1(CCN[C@@H](c2ccc(Br)cc2)C(F)(F)F)CCS(=O)(=O)CC1. The normalized spacial score (nSPS) is 20.0. The zero-order chi connectivity index (χ0) is 20.3. The Balaban J connectivity index is 2.11. The molecular weight excluding hydrogens is 451 g/mol. The smallest absolute Gasteiger partial charge is 0.407 e. The molecular formula is C17H21BrF3NO4S. The van der Waals surface area contributed by atoms with Gasteiger partial charge >= 0.3 is 12.1 Å². The lowest BCUT2D eigenvalue weighted by Crippen LogP contribution is -2.44. The zero-order valence-corrected chi connectivity index (χ0v) is 17.1. The van der Waals surface area contributed by atoms with Crippen LogP contribution in [-0.4, -0.2) is 45.7 Å². The minimum Gasteiger partial charge on any atom is -0.469 e. The Labute approximate surface area is 164 Å². The maximum Gasteiger partial charge on any atom is 0.407 e. The number of nitrogens with one attached hydrogen (secondary N) is 1. The van der Waals surface area contributed by atoms with Crippen LogP contribution in [0.15, 0.2) is 28.7 Å². The Morgan fingerprint density at radius 2 is 1.81 bits per heavy atom. The molecule has 5 nitrogen and oxygen atoms in total. The van der Waals surface area contributed by atoms with Gasteiger partial charge in [-0.25, -0.2) is 8.42 Å². The van der Waals surface area contributed by atoms with Gasteiger partial charge in [-0.3, -0.25) is 4.79 Å². The summed E-state index contributed by atoms with van der Waals surface area (Å²) in [5.74, 6) is -0.916. The number of ether oxygens (including phenoxy) is 1. The van der Waals surface area contributed by atoms with Gasteiger partial charge in [0.25, 0.3) is 0 Å². The van der Waals surface area contributed by atoms with Crippen LogP contribution in [0.5, 0.6) is 0 Å². The van der Waals surface area contributed by atoms with Crippen LogP contribution in [0.2, 0.25) is 0 Å². The van der Waals surface area contributed by atoms with E-state index in [4.69, 9.17) is 4.74 Å². The van der Waals surface area contributed by atoms with E-state index in [9.17, 15) is 26.4 Å². The summed E-state index contributed by atoms with van der Waals surface area (Å²) in [6.07, 6.45) is -4.34. The lowest BCUT2D eigenvalue weighted by molar-refractivity contribution is -0.159. The first-order valence-corrected chi connectivity index (χ1v) is 10.9. The molecule has 1 N–H and O–H groups in total. The van der Waals surface area contributed by atoms with E-state index in [-0.39, 0.29) is 42.9 Å². The molecule has 0 saturated carbocycles. The highest BCUT2D eigenvalue weighted by Gasteiger charge is 2.45. The van der Waals surface area contributed by atoms with E-state index in [0.717, 1.165) is 0 Å². The van der Waals surface area contributed by atoms with Crippen molar-refractivity contribution in [1.29, 1.82) is 0 Å². The summed E-state index contributed by atoms with van der Waals surface area (Å²) >= 11 is 3.19. The molecule has 1 heterocycles. The molecule has 10 heteroatoms. The van der Waals surface area contributed by atoms with Crippen molar-refractivity contribution in [2.75, 3.05) is 25.2 Å². The fraction of sp³-hybridized carbons (Fsp3) is 0.588. The van der Waals surface area contributed by atoms with Crippen LogP contribution in [0.4, 0.5) is 13.2 Å². The summed E-state index contributed by atoms with van der Waals surface area (Å²) < 4.78 is 69.1. The largest absolute Gasteiger partial charge is 0.469 e. The van der Waals surface area contributed by atoms with E-state index >= 15 is 0 Å². The van der Waals surface area contributed by atoms with Crippen molar-refractivity contribution in [1.82, 2.24) is 5.32 Å². The molecule has 0 aliphatic carbocycles. The van der Waals surface area contributed by atoms with Crippen molar-refractivity contribution < 1.29 is 31.1 Å². The predicted octanol–water partition coefficient (Wildman–Crippen LogP) is 3.40. The molecule has 1 saturated heterocycles. The molecule has 1 atom stereocenters. The van der Waals surface area contributed by atoms with Crippen molar-refractivity contribution in [3.63, 3.8) is 0 Å². The number of rotatable bonds is 6. The quantitative estimate of drug-likeness (QED) is 0.643. The standard InChI is InChI=1S/C17H21BrF3NO4S/c1-26-15(23)16(7-10-27(24,25)11-8-16)6-9-22-14(17(19,20)21)12-2-4-13(18)5-3-12/h2-5,14,22H,6-11H2,1H3/t14-/m0/s1. The van der Waals surface area contributed by atoms with Crippen molar-refractivity contribution in [2.24, 2.45) is 5.41 Å². The van der Waals surface area contributed by atoms with Crippen LogP contribution in [0, 0.1) is 5.41 Å². The molecule has 0 aromatic heterocycles. The molecule has 0 spiro atoms. The van der Waals surface area contributed by atoms with Crippen molar-refractivity contribution in [2.45, 2.75) is 31.5 Å². The number of sulfone groups is 1. The summed E-state index contributed by atoms with van der Waals surface area (Å²) in [5.41, 5.74) is -1.02. The Bertz CT molecular complexity index is 751. The fourth-order valence-corrected chi connectivity index (χ4v) is 5.11. The molecule has 1 aromatic carbocycles. The number of carbonyl (C=O) groups is 1. The van der Waals surface area contributed by atoms with Gasteiger partial charge in [0.2, 0.25) is 0 Å². The average Bonchev–Trinajstić information content (AvgIpc) is 2.59. The third-order valence-electron chi connectivity index (χ3n) is 4.88. The summed E-state index contributed by atoms with van der Waals surface area (Å²) in [7, 11) is -2.02. The molecule has 152 valence electrons. The van der Waals surface area contributed by atoms with Gasteiger partial charge in [0.1, 0.15) is 15.9 Å². The van der Waals surface area contributed by atoms with E-state index < -0.39 is 33.4 Å². The highest BCUT2D eigenvalue weighted by atomic mass is 79.9. The van der Waals surface area contributed by atoms with E-state index in [1.54, 1.807) is 0 Å². The predicted molar refractivity (Wildman–Crippen MR) is 97.9 cm³/mol. The number of hydrogen-bond acceptors (Lipinski definition) is 5. The molecule has 2 rings (SSSR count). The van der Waals surface area contributed by atoms with Crippen LogP contribution in [-0.2, 0) is 19.4 Å². The maximum absolute atomic E-state index is 13.4. The summed E-state index contributed by atoms with van der Waals surface area (Å²) in [6.45, 7) is -0.102. The number of methoxy groups -OCH3 is 1. The van der Waals surface area contributed by atoms with Gasteiger partial charge in [0.15, 0.2) is 0 Å². The highest BCUT2D eigenvalue weighted by Crippen LogP contribution is 2.38. The molecule has 1 aliphatic heterocycles. The molecule has 27 heavy (non-hydrogen) atoms.